The van der Waals surface area contributed by atoms with Crippen LogP contribution in [0.5, 0.6) is 0 Å². The van der Waals surface area contributed by atoms with Gasteiger partial charge in [0.05, 0.1) is 0 Å². The molecule has 0 bridgehead atoms. The zero-order valence-corrected chi connectivity index (χ0v) is 18.1. The fourth-order valence-corrected chi connectivity index (χ4v) is 1.69. The largest absolute Gasteiger partial charge is 2.00 e. The monoisotopic (exact) mass is 526 g/mol. The summed E-state index contributed by atoms with van der Waals surface area (Å²) in [5.41, 5.74) is 6.82. The average Bonchev–Trinajstić information content (AvgIpc) is 2.47. The van der Waals surface area contributed by atoms with Crippen molar-refractivity contribution in [2.75, 3.05) is 6.54 Å². The van der Waals surface area contributed by atoms with Gasteiger partial charge in [0.2, 0.25) is 0 Å². The van der Waals surface area contributed by atoms with Gasteiger partial charge < -0.3 is 17.5 Å². The van der Waals surface area contributed by atoms with E-state index in [1.807, 2.05) is 31.2 Å². The van der Waals surface area contributed by atoms with E-state index in [0.717, 1.165) is 44.2 Å². The van der Waals surface area contributed by atoms with Gasteiger partial charge in [0.15, 0.2) is 0 Å². The van der Waals surface area contributed by atoms with Crippen LogP contribution in [0.25, 0.3) is 0 Å². The number of nitrogens with zero attached hydrogens (tertiary/aromatic N) is 1. The number of nitrogens with two attached hydrogens (primary N) is 1. The fourth-order valence-electron chi connectivity index (χ4n) is 1.69. The Balaban J connectivity index is 0. The van der Waals surface area contributed by atoms with Crippen LogP contribution in [-0.2, 0) is 4.79 Å². The standard InChI is InChI=1S/C15H21N2O.C3H7.U/c1-13(18)9-5-2-3-8-12-17-15(16)14-10-6-4-7-11-14;1-3-2;/h6-7,10-11H,2-3,5,8-9,12H2,1H3,(H2,16,17);1,3H2,2H3;/q2*-1;+2. The van der Waals surface area contributed by atoms with Gasteiger partial charge in [-0.15, -0.1) is 0 Å². The van der Waals surface area contributed by atoms with Gasteiger partial charge in [-0.2, -0.15) is 36.8 Å². The Kier molecular flexibility index (Phi) is 18.1. The molecule has 0 amide bonds. The quantitative estimate of drug-likeness (QED) is 0.241. The molecule has 0 aliphatic heterocycles. The maximum absolute atomic E-state index is 10.7. The maximum Gasteiger partial charge on any atom is 2.00 e. The second kappa shape index (κ2) is 16.8. The van der Waals surface area contributed by atoms with Crippen molar-refractivity contribution in [2.24, 2.45) is 10.7 Å². The van der Waals surface area contributed by atoms with Crippen LogP contribution in [-0.4, -0.2) is 18.2 Å². The summed E-state index contributed by atoms with van der Waals surface area (Å²) < 4.78 is 0. The Morgan fingerprint density at radius 2 is 1.77 bits per heavy atom. The van der Waals surface area contributed by atoms with Gasteiger partial charge in [0, 0.05) is 13.0 Å². The van der Waals surface area contributed by atoms with E-state index < -0.39 is 0 Å². The summed E-state index contributed by atoms with van der Waals surface area (Å²) in [4.78, 5) is 15.1. The molecule has 0 heterocycles. The van der Waals surface area contributed by atoms with E-state index in [4.69, 9.17) is 5.73 Å². The molecule has 22 heavy (non-hydrogen) atoms. The van der Waals surface area contributed by atoms with Crippen molar-refractivity contribution in [1.82, 2.24) is 0 Å². The van der Waals surface area contributed by atoms with Crippen LogP contribution in [0.4, 0.5) is 0 Å². The van der Waals surface area contributed by atoms with Crippen LogP contribution in [0.3, 0.4) is 0 Å². The van der Waals surface area contributed by atoms with E-state index in [1.54, 1.807) is 6.92 Å². The van der Waals surface area contributed by atoms with E-state index in [9.17, 15) is 4.79 Å². The van der Waals surface area contributed by atoms with Crippen molar-refractivity contribution >= 4 is 11.6 Å². The van der Waals surface area contributed by atoms with Crippen molar-refractivity contribution in [3.63, 3.8) is 0 Å². The van der Waals surface area contributed by atoms with Crippen molar-refractivity contribution in [1.29, 1.82) is 0 Å². The molecule has 0 atom stereocenters. The number of rotatable bonds is 8. The minimum Gasteiger partial charge on any atom is -0.385 e. The van der Waals surface area contributed by atoms with E-state index in [1.165, 1.54) is 0 Å². The SMILES string of the molecule is CC(=O)CCCCCCN=C(N)c1cc[c-]cc1.[CH2-]CC.[U+2]. The number of carbonyl (C=O) groups excluding carboxylic acids is 1. The molecule has 0 radical (unpaired) electrons. The predicted octanol–water partition coefficient (Wildman–Crippen LogP) is 3.96. The van der Waals surface area contributed by atoms with Gasteiger partial charge in [-0.3, -0.25) is 4.99 Å². The number of benzene rings is 1. The topological polar surface area (TPSA) is 55.5 Å². The first kappa shape index (κ1) is 23.7. The molecular weight excluding hydrogens is 498 g/mol. The second-order valence-corrected chi connectivity index (χ2v) is 4.92. The zero-order chi connectivity index (χ0) is 15.9. The molecule has 0 aliphatic rings. The zero-order valence-electron chi connectivity index (χ0n) is 13.9. The summed E-state index contributed by atoms with van der Waals surface area (Å²) in [6.45, 7) is 7.90. The number of carbonyl (C=O) groups is 1. The Morgan fingerprint density at radius 3 is 2.32 bits per heavy atom. The van der Waals surface area contributed by atoms with Crippen molar-refractivity contribution in [2.45, 2.75) is 52.4 Å². The average molecular weight is 526 g/mol. The molecule has 0 aromatic heterocycles. The molecule has 3 nitrogen and oxygen atoms in total. The predicted molar refractivity (Wildman–Crippen MR) is 90.3 cm³/mol. The number of hydrogen-bond donors (Lipinski definition) is 1. The molecule has 0 aliphatic carbocycles. The van der Waals surface area contributed by atoms with Crippen molar-refractivity contribution < 1.29 is 35.9 Å². The maximum atomic E-state index is 10.7. The van der Waals surface area contributed by atoms with Crippen LogP contribution in [0.15, 0.2) is 29.3 Å². The Bertz CT molecular complexity index is 405. The van der Waals surface area contributed by atoms with Crippen LogP contribution >= 0.6 is 0 Å². The van der Waals surface area contributed by atoms with Gasteiger partial charge >= 0.3 is 31.1 Å². The molecule has 0 saturated heterocycles. The van der Waals surface area contributed by atoms with E-state index in [2.05, 4.69) is 18.0 Å². The second-order valence-electron chi connectivity index (χ2n) is 4.92. The third-order valence-electron chi connectivity index (χ3n) is 2.73. The van der Waals surface area contributed by atoms with Crippen LogP contribution in [0.2, 0.25) is 0 Å². The first-order valence-corrected chi connectivity index (χ1v) is 7.66. The summed E-state index contributed by atoms with van der Waals surface area (Å²) in [6, 6.07) is 10.4. The number of amidine groups is 1. The molecule has 120 valence electrons. The Hall–Kier alpha value is -0.588. The van der Waals surface area contributed by atoms with Gasteiger partial charge in [0.1, 0.15) is 11.6 Å². The first-order chi connectivity index (χ1) is 10.1. The summed E-state index contributed by atoms with van der Waals surface area (Å²) in [5, 5.41) is 0. The van der Waals surface area contributed by atoms with Crippen LogP contribution in [0.1, 0.15) is 57.9 Å². The summed E-state index contributed by atoms with van der Waals surface area (Å²) in [5.74, 6) is 0.867. The number of aliphatic imine (C=N–C) groups is 1. The third kappa shape index (κ3) is 14.4. The van der Waals surface area contributed by atoms with E-state index in [-0.39, 0.29) is 36.9 Å². The molecule has 0 fully saturated rings. The summed E-state index contributed by atoms with van der Waals surface area (Å²) >= 11 is 0. The van der Waals surface area contributed by atoms with Gasteiger partial charge in [-0.05, 0) is 19.8 Å². The number of Topliss-reactive ketones (excluding diaryl/α,β-unsaturated/α-hetero) is 1. The van der Waals surface area contributed by atoms with Gasteiger partial charge in [0.25, 0.3) is 0 Å². The molecule has 1 rings (SSSR count). The minimum atomic E-state index is 0. The molecule has 1 aromatic carbocycles. The molecule has 2 N–H and O–H groups in total. The number of ketones is 1. The molecule has 1 aromatic rings. The normalized spacial score (nSPS) is 10.2. The summed E-state index contributed by atoms with van der Waals surface area (Å²) in [6.07, 6.45) is 5.91. The third-order valence-corrected chi connectivity index (χ3v) is 2.73. The number of unbranched alkanes of at least 4 members (excludes halogenated alkanes) is 3. The van der Waals surface area contributed by atoms with Crippen LogP contribution < -0.4 is 5.73 Å². The molecule has 0 unspecified atom stereocenters. The Labute approximate surface area is 159 Å². The minimum absolute atomic E-state index is 0. The van der Waals surface area contributed by atoms with E-state index >= 15 is 0 Å². The van der Waals surface area contributed by atoms with E-state index in [0.29, 0.717) is 12.3 Å². The number of hydrogen-bond acceptors (Lipinski definition) is 2. The van der Waals surface area contributed by atoms with Gasteiger partial charge in [-0.25, -0.2) is 0 Å². The molecule has 0 saturated carbocycles. The van der Waals surface area contributed by atoms with Crippen molar-refractivity contribution in [3.8, 4) is 0 Å². The van der Waals surface area contributed by atoms with Crippen LogP contribution in [0, 0.1) is 44.1 Å². The smallest absolute Gasteiger partial charge is 0.385 e. The molecule has 4 heteroatoms. The molecule has 0 spiro atoms. The first-order valence-electron chi connectivity index (χ1n) is 7.66. The fraction of sp³-hybridized carbons (Fsp3) is 0.500. The van der Waals surface area contributed by atoms with Gasteiger partial charge in [-0.1, -0.05) is 25.3 Å². The molecular formula is C18H28N2OU. The van der Waals surface area contributed by atoms with Crippen molar-refractivity contribution in [3.05, 3.63) is 42.8 Å². The Morgan fingerprint density at radius 1 is 1.23 bits per heavy atom. The summed E-state index contributed by atoms with van der Waals surface area (Å²) in [7, 11) is 0.